The molecule has 0 aromatic rings. The molecule has 2 nitrogen and oxygen atoms in total. The number of halogens is 1. The lowest BCUT2D eigenvalue weighted by molar-refractivity contribution is -0.167. The van der Waals surface area contributed by atoms with E-state index >= 15 is 4.39 Å². The zero-order valence-electron chi connectivity index (χ0n) is 15.4. The quantitative estimate of drug-likeness (QED) is 0.404. The Bertz CT molecular complexity index is 663. The molecule has 6 aliphatic rings. The van der Waals surface area contributed by atoms with Gasteiger partial charge in [-0.25, -0.2) is 4.39 Å². The maximum absolute atomic E-state index is 15.3. The molecule has 5 fully saturated rings. The summed E-state index contributed by atoms with van der Waals surface area (Å²) < 4.78 is 20.9. The van der Waals surface area contributed by atoms with Crippen LogP contribution >= 0.6 is 0 Å². The number of rotatable bonds is 1. The zero-order valence-corrected chi connectivity index (χ0v) is 15.4. The molecule has 0 N–H and O–H groups in total. The molecule has 0 aliphatic heterocycles. The van der Waals surface area contributed by atoms with Crippen molar-refractivity contribution in [1.82, 2.24) is 0 Å². The van der Waals surface area contributed by atoms with Crippen molar-refractivity contribution >= 4 is 5.97 Å². The molecule has 136 valence electrons. The number of fused-ring (bicyclic) bond motifs is 16. The van der Waals surface area contributed by atoms with Crippen LogP contribution in [0.1, 0.15) is 40.0 Å². The van der Waals surface area contributed by atoms with Gasteiger partial charge in [-0.05, 0) is 99.2 Å². The Balaban J connectivity index is 1.31. The molecule has 5 saturated carbocycles. The summed E-state index contributed by atoms with van der Waals surface area (Å²) in [5.41, 5.74) is -0.521. The molecule has 6 rings (SSSR count). The molecule has 0 radical (unpaired) electrons. The molecule has 0 aromatic heterocycles. The molecule has 0 spiro atoms. The summed E-state index contributed by atoms with van der Waals surface area (Å²) in [5.74, 6) is 5.55. The molecule has 0 saturated heterocycles. The summed E-state index contributed by atoms with van der Waals surface area (Å²) in [6.45, 7) is 5.66. The number of ether oxygens (including phenoxy) is 1. The molecule has 3 heteroatoms. The second-order valence-corrected chi connectivity index (χ2v) is 10.9. The summed E-state index contributed by atoms with van der Waals surface area (Å²) in [7, 11) is 0. The minimum absolute atomic E-state index is 0.131. The first-order valence-electron chi connectivity index (χ1n) is 10.4. The van der Waals surface area contributed by atoms with E-state index in [1.807, 2.05) is 20.8 Å². The van der Waals surface area contributed by atoms with E-state index in [0.29, 0.717) is 11.8 Å². The van der Waals surface area contributed by atoms with E-state index in [1.165, 1.54) is 12.8 Å². The van der Waals surface area contributed by atoms with Gasteiger partial charge in [0.2, 0.25) is 0 Å². The van der Waals surface area contributed by atoms with Crippen LogP contribution in [-0.2, 0) is 9.53 Å². The van der Waals surface area contributed by atoms with E-state index in [0.717, 1.165) is 41.9 Å². The SMILES string of the molecule is CC(C)(C)OC(=O)C1C(F)C2CC1C1C3CC(C4C5C=CC(C5)C34)C21. The largest absolute Gasteiger partial charge is 0.460 e. The van der Waals surface area contributed by atoms with Gasteiger partial charge in [-0.1, -0.05) is 12.2 Å². The Hall–Kier alpha value is -0.860. The number of esters is 1. The van der Waals surface area contributed by atoms with Gasteiger partial charge in [0.1, 0.15) is 11.8 Å². The van der Waals surface area contributed by atoms with Gasteiger partial charge in [0.25, 0.3) is 0 Å². The van der Waals surface area contributed by atoms with Crippen LogP contribution in [0, 0.1) is 65.1 Å². The van der Waals surface area contributed by atoms with E-state index in [-0.39, 0.29) is 17.8 Å². The summed E-state index contributed by atoms with van der Waals surface area (Å²) >= 11 is 0. The maximum Gasteiger partial charge on any atom is 0.312 e. The van der Waals surface area contributed by atoms with Crippen LogP contribution in [0.2, 0.25) is 0 Å². The summed E-state index contributed by atoms with van der Waals surface area (Å²) in [6, 6.07) is 0. The first-order valence-corrected chi connectivity index (χ1v) is 10.4. The normalized spacial score (nSPS) is 59.5. The molecule has 0 heterocycles. The van der Waals surface area contributed by atoms with E-state index in [2.05, 4.69) is 12.2 Å². The van der Waals surface area contributed by atoms with Crippen LogP contribution in [-0.4, -0.2) is 17.7 Å². The molecular weight excluding hydrogens is 315 g/mol. The third-order valence-corrected chi connectivity index (χ3v) is 8.97. The fourth-order valence-electron chi connectivity index (χ4n) is 8.87. The Morgan fingerprint density at radius 3 is 2.04 bits per heavy atom. The van der Waals surface area contributed by atoms with Gasteiger partial charge in [-0.15, -0.1) is 0 Å². The van der Waals surface area contributed by atoms with Gasteiger partial charge in [-0.3, -0.25) is 4.79 Å². The van der Waals surface area contributed by atoms with E-state index in [9.17, 15) is 4.79 Å². The van der Waals surface area contributed by atoms with Gasteiger partial charge in [0, 0.05) is 0 Å². The van der Waals surface area contributed by atoms with Crippen LogP contribution in [0.25, 0.3) is 0 Å². The second-order valence-electron chi connectivity index (χ2n) is 10.9. The first kappa shape index (κ1) is 15.2. The smallest absolute Gasteiger partial charge is 0.312 e. The van der Waals surface area contributed by atoms with Gasteiger partial charge < -0.3 is 4.74 Å². The van der Waals surface area contributed by atoms with Crippen molar-refractivity contribution in [1.29, 1.82) is 0 Å². The molecule has 25 heavy (non-hydrogen) atoms. The molecule has 0 aromatic carbocycles. The monoisotopic (exact) mass is 344 g/mol. The Morgan fingerprint density at radius 2 is 1.44 bits per heavy atom. The number of hydrogen-bond donors (Lipinski definition) is 0. The predicted molar refractivity (Wildman–Crippen MR) is 92.1 cm³/mol. The third kappa shape index (κ3) is 1.74. The average molecular weight is 344 g/mol. The van der Waals surface area contributed by atoms with Crippen LogP contribution < -0.4 is 0 Å². The van der Waals surface area contributed by atoms with Crippen molar-refractivity contribution in [2.75, 3.05) is 0 Å². The molecule has 12 unspecified atom stereocenters. The van der Waals surface area contributed by atoms with Crippen molar-refractivity contribution in [3.05, 3.63) is 12.2 Å². The lowest BCUT2D eigenvalue weighted by Crippen LogP contribution is -2.48. The molecular formula is C22H29FO2. The van der Waals surface area contributed by atoms with Crippen LogP contribution in [0.15, 0.2) is 12.2 Å². The molecule has 6 bridgehead atoms. The van der Waals surface area contributed by atoms with Crippen molar-refractivity contribution in [2.45, 2.75) is 51.8 Å². The highest BCUT2D eigenvalue weighted by atomic mass is 19.1. The van der Waals surface area contributed by atoms with Gasteiger partial charge >= 0.3 is 5.97 Å². The number of carbonyl (C=O) groups excluding carboxylic acids is 1. The topological polar surface area (TPSA) is 26.3 Å². The fraction of sp³-hybridized carbons (Fsp3) is 0.864. The van der Waals surface area contributed by atoms with Crippen LogP contribution in [0.5, 0.6) is 0 Å². The highest BCUT2D eigenvalue weighted by molar-refractivity contribution is 5.75. The number of alkyl halides is 1. The van der Waals surface area contributed by atoms with Crippen LogP contribution in [0.4, 0.5) is 4.39 Å². The highest BCUT2D eigenvalue weighted by Gasteiger charge is 2.74. The number of allylic oxidation sites excluding steroid dienone is 2. The summed E-state index contributed by atoms with van der Waals surface area (Å²) in [4.78, 5) is 12.7. The van der Waals surface area contributed by atoms with E-state index in [4.69, 9.17) is 4.74 Å². The average Bonchev–Trinajstić information content (AvgIpc) is 3.30. The third-order valence-electron chi connectivity index (χ3n) is 8.97. The van der Waals surface area contributed by atoms with Crippen molar-refractivity contribution in [2.24, 2.45) is 65.1 Å². The Labute approximate surface area is 149 Å². The van der Waals surface area contributed by atoms with Gasteiger partial charge in [-0.2, -0.15) is 0 Å². The molecule has 12 atom stereocenters. The van der Waals surface area contributed by atoms with Crippen LogP contribution in [0.3, 0.4) is 0 Å². The minimum Gasteiger partial charge on any atom is -0.460 e. The van der Waals surface area contributed by atoms with Crippen molar-refractivity contribution < 1.29 is 13.9 Å². The van der Waals surface area contributed by atoms with Crippen molar-refractivity contribution in [3.8, 4) is 0 Å². The standard InChI is InChI=1S/C22H29FO2/c1-22(2,3)25-21(24)19-13-8-14(20(19)23)18-12-7-11(17(13)18)15-9-4-5-10(6-9)16(12)15/h4-5,9-20H,6-8H2,1-3H3. The summed E-state index contributed by atoms with van der Waals surface area (Å²) in [6.07, 6.45) is 7.58. The van der Waals surface area contributed by atoms with E-state index < -0.39 is 17.7 Å². The second kappa shape index (κ2) is 4.51. The lowest BCUT2D eigenvalue weighted by Gasteiger charge is -2.46. The fourth-order valence-corrected chi connectivity index (χ4v) is 8.87. The Kier molecular flexibility index (Phi) is 2.75. The molecule has 6 aliphatic carbocycles. The summed E-state index contributed by atoms with van der Waals surface area (Å²) in [5, 5.41) is 0. The number of hydrogen-bond acceptors (Lipinski definition) is 2. The maximum atomic E-state index is 15.3. The molecule has 0 amide bonds. The minimum atomic E-state index is -0.965. The van der Waals surface area contributed by atoms with Gasteiger partial charge in [0.15, 0.2) is 0 Å². The van der Waals surface area contributed by atoms with Crippen molar-refractivity contribution in [3.63, 3.8) is 0 Å². The van der Waals surface area contributed by atoms with Gasteiger partial charge in [0.05, 0.1) is 5.92 Å². The lowest BCUT2D eigenvalue weighted by atomic mass is 9.59. The first-order chi connectivity index (χ1) is 11.8. The number of carbonyl (C=O) groups is 1. The van der Waals surface area contributed by atoms with E-state index in [1.54, 1.807) is 0 Å². The predicted octanol–water partition coefficient (Wildman–Crippen LogP) is 4.25. The Morgan fingerprint density at radius 1 is 0.880 bits per heavy atom. The highest BCUT2D eigenvalue weighted by Crippen LogP contribution is 2.76. The zero-order chi connectivity index (χ0) is 17.2.